The molecular formula is C14H20N4O2S. The lowest BCUT2D eigenvalue weighted by atomic mass is 10.0. The highest BCUT2D eigenvalue weighted by atomic mass is 32.1. The summed E-state index contributed by atoms with van der Waals surface area (Å²) < 4.78 is 0. The summed E-state index contributed by atoms with van der Waals surface area (Å²) in [5.74, 6) is -0.117. The van der Waals surface area contributed by atoms with E-state index in [-0.39, 0.29) is 17.0 Å². The lowest BCUT2D eigenvalue weighted by Gasteiger charge is -2.43. The topological polar surface area (TPSA) is 82.4 Å². The Morgan fingerprint density at radius 1 is 1.33 bits per heavy atom. The van der Waals surface area contributed by atoms with E-state index in [2.05, 4.69) is 9.88 Å². The molecule has 0 aromatic carbocycles. The van der Waals surface area contributed by atoms with E-state index < -0.39 is 0 Å². The third-order valence-electron chi connectivity index (χ3n) is 3.98. The molecule has 2 heterocycles. The minimum absolute atomic E-state index is 0.117. The van der Waals surface area contributed by atoms with Crippen molar-refractivity contribution in [2.75, 3.05) is 26.2 Å². The van der Waals surface area contributed by atoms with Crippen molar-refractivity contribution in [1.29, 1.82) is 0 Å². The van der Waals surface area contributed by atoms with E-state index in [1.807, 2.05) is 13.8 Å². The first kappa shape index (κ1) is 15.7. The zero-order valence-corrected chi connectivity index (χ0v) is 13.1. The molecule has 1 aliphatic heterocycles. The Balaban J connectivity index is 2.03. The zero-order valence-electron chi connectivity index (χ0n) is 12.3. The average Bonchev–Trinajstić information content (AvgIpc) is 2.46. The van der Waals surface area contributed by atoms with Crippen molar-refractivity contribution >= 4 is 23.1 Å². The molecular weight excluding hydrogens is 288 g/mol. The molecule has 1 aliphatic rings. The highest BCUT2D eigenvalue weighted by Crippen LogP contribution is 2.18. The third-order valence-corrected chi connectivity index (χ3v) is 4.48. The summed E-state index contributed by atoms with van der Waals surface area (Å²) in [6, 6.07) is 2.95. The molecule has 7 heteroatoms. The number of aromatic nitrogens is 1. The molecule has 1 amide bonds. The van der Waals surface area contributed by atoms with Crippen molar-refractivity contribution in [3.05, 3.63) is 34.2 Å². The molecule has 3 N–H and O–H groups in total. The second-order valence-corrected chi connectivity index (χ2v) is 6.08. The SMILES string of the molecule is CC(C)(C(N)=S)N1CCN(C(=O)c2cc[nH]c(=O)c2)CC1. The number of H-pyrrole nitrogens is 1. The fourth-order valence-corrected chi connectivity index (χ4v) is 2.51. The van der Waals surface area contributed by atoms with E-state index in [1.54, 1.807) is 11.0 Å². The smallest absolute Gasteiger partial charge is 0.254 e. The van der Waals surface area contributed by atoms with Crippen LogP contribution in [0.15, 0.2) is 23.1 Å². The number of nitrogens with one attached hydrogen (secondary N) is 1. The van der Waals surface area contributed by atoms with Gasteiger partial charge < -0.3 is 15.6 Å². The first-order valence-corrected chi connectivity index (χ1v) is 7.26. The monoisotopic (exact) mass is 308 g/mol. The van der Waals surface area contributed by atoms with Gasteiger partial charge in [0.1, 0.15) is 0 Å². The number of thiocarbonyl (C=S) groups is 1. The van der Waals surface area contributed by atoms with Crippen LogP contribution in [0.25, 0.3) is 0 Å². The van der Waals surface area contributed by atoms with Gasteiger partial charge in [0.2, 0.25) is 5.56 Å². The average molecular weight is 308 g/mol. The fraction of sp³-hybridized carbons (Fsp3) is 0.500. The number of hydrogen-bond acceptors (Lipinski definition) is 4. The van der Waals surface area contributed by atoms with Crippen LogP contribution in [0.2, 0.25) is 0 Å². The number of carbonyl (C=O) groups is 1. The summed E-state index contributed by atoms with van der Waals surface area (Å²) in [4.78, 5) is 30.5. The summed E-state index contributed by atoms with van der Waals surface area (Å²) in [5, 5.41) is 0. The molecule has 1 aromatic heterocycles. The first-order valence-electron chi connectivity index (χ1n) is 6.85. The molecule has 6 nitrogen and oxygen atoms in total. The number of hydrogen-bond donors (Lipinski definition) is 2. The number of nitrogens with zero attached hydrogens (tertiary/aromatic N) is 2. The largest absolute Gasteiger partial charge is 0.392 e. The molecule has 0 spiro atoms. The molecule has 0 unspecified atom stereocenters. The van der Waals surface area contributed by atoms with E-state index in [0.717, 1.165) is 0 Å². The quantitative estimate of drug-likeness (QED) is 0.779. The maximum atomic E-state index is 12.3. The van der Waals surface area contributed by atoms with Crippen LogP contribution in [0.3, 0.4) is 0 Å². The predicted octanol–water partition coefficient (Wildman–Crippen LogP) is 0.197. The van der Waals surface area contributed by atoms with Crippen LogP contribution in [0, 0.1) is 0 Å². The lowest BCUT2D eigenvalue weighted by Crippen LogP contribution is -2.59. The molecule has 0 radical (unpaired) electrons. The summed E-state index contributed by atoms with van der Waals surface area (Å²) >= 11 is 5.10. The normalized spacial score (nSPS) is 16.8. The van der Waals surface area contributed by atoms with Crippen LogP contribution in [0.5, 0.6) is 0 Å². The van der Waals surface area contributed by atoms with Gasteiger partial charge in [0.05, 0.1) is 10.5 Å². The highest BCUT2D eigenvalue weighted by molar-refractivity contribution is 7.80. The van der Waals surface area contributed by atoms with E-state index in [4.69, 9.17) is 18.0 Å². The Kier molecular flexibility index (Phi) is 4.43. The standard InChI is InChI=1S/C14H20N4O2S/c1-14(2,13(15)21)18-7-5-17(6-8-18)12(20)10-3-4-16-11(19)9-10/h3-4,9H,5-8H2,1-2H3,(H2,15,21)(H,16,19). The molecule has 21 heavy (non-hydrogen) atoms. The molecule has 0 bridgehead atoms. The van der Waals surface area contributed by atoms with Crippen LogP contribution in [-0.2, 0) is 0 Å². The van der Waals surface area contributed by atoms with Gasteiger partial charge in [-0.15, -0.1) is 0 Å². The van der Waals surface area contributed by atoms with Gasteiger partial charge in [-0.05, 0) is 19.9 Å². The van der Waals surface area contributed by atoms with Gasteiger partial charge >= 0.3 is 0 Å². The predicted molar refractivity (Wildman–Crippen MR) is 85.4 cm³/mol. The van der Waals surface area contributed by atoms with Crippen LogP contribution < -0.4 is 11.3 Å². The van der Waals surface area contributed by atoms with E-state index >= 15 is 0 Å². The Hall–Kier alpha value is -1.73. The Morgan fingerprint density at radius 2 is 1.95 bits per heavy atom. The van der Waals surface area contributed by atoms with E-state index in [1.165, 1.54) is 12.3 Å². The second-order valence-electron chi connectivity index (χ2n) is 5.64. The second kappa shape index (κ2) is 5.95. The molecule has 0 atom stereocenters. The first-order chi connectivity index (χ1) is 9.82. The number of carbonyl (C=O) groups excluding carboxylic acids is 1. The van der Waals surface area contributed by atoms with Gasteiger partial charge in [-0.3, -0.25) is 14.5 Å². The molecule has 1 saturated heterocycles. The maximum absolute atomic E-state index is 12.3. The van der Waals surface area contributed by atoms with E-state index in [9.17, 15) is 9.59 Å². The van der Waals surface area contributed by atoms with Gasteiger partial charge in [-0.2, -0.15) is 0 Å². The summed E-state index contributed by atoms with van der Waals surface area (Å²) in [6.07, 6.45) is 1.49. The molecule has 0 aliphatic carbocycles. The van der Waals surface area contributed by atoms with Crippen molar-refractivity contribution in [3.8, 4) is 0 Å². The van der Waals surface area contributed by atoms with E-state index in [0.29, 0.717) is 36.7 Å². The minimum atomic E-state index is -0.353. The molecule has 2 rings (SSSR count). The number of amides is 1. The van der Waals surface area contributed by atoms with Crippen LogP contribution >= 0.6 is 12.2 Å². The van der Waals surface area contributed by atoms with Gasteiger partial charge in [0, 0.05) is 44.0 Å². The van der Waals surface area contributed by atoms with Gasteiger partial charge in [-0.1, -0.05) is 12.2 Å². The fourth-order valence-electron chi connectivity index (χ4n) is 2.38. The minimum Gasteiger partial charge on any atom is -0.392 e. The van der Waals surface area contributed by atoms with Crippen LogP contribution in [-0.4, -0.2) is 57.4 Å². The number of rotatable bonds is 3. The van der Waals surface area contributed by atoms with Gasteiger partial charge in [-0.25, -0.2) is 0 Å². The Labute approximate surface area is 128 Å². The van der Waals surface area contributed by atoms with Crippen molar-refractivity contribution in [1.82, 2.24) is 14.8 Å². The summed E-state index contributed by atoms with van der Waals surface area (Å²) in [7, 11) is 0. The van der Waals surface area contributed by atoms with Crippen molar-refractivity contribution in [3.63, 3.8) is 0 Å². The Morgan fingerprint density at radius 3 is 2.48 bits per heavy atom. The van der Waals surface area contributed by atoms with Crippen molar-refractivity contribution < 1.29 is 4.79 Å². The molecule has 0 saturated carbocycles. The number of nitrogens with two attached hydrogens (primary N) is 1. The lowest BCUT2D eigenvalue weighted by molar-refractivity contribution is 0.0539. The number of aromatic amines is 1. The van der Waals surface area contributed by atoms with Crippen molar-refractivity contribution in [2.24, 2.45) is 5.73 Å². The summed E-state index contributed by atoms with van der Waals surface area (Å²) in [6.45, 7) is 6.58. The molecule has 1 aromatic rings. The van der Waals surface area contributed by atoms with Gasteiger partial charge in [0.25, 0.3) is 5.91 Å². The number of piperazine rings is 1. The summed E-state index contributed by atoms with van der Waals surface area (Å²) in [5.41, 5.74) is 5.57. The number of pyridine rings is 1. The Bertz CT molecular complexity index is 603. The molecule has 1 fully saturated rings. The molecule has 114 valence electrons. The third kappa shape index (κ3) is 3.30. The zero-order chi connectivity index (χ0) is 15.6. The van der Waals surface area contributed by atoms with Crippen LogP contribution in [0.4, 0.5) is 0 Å². The maximum Gasteiger partial charge on any atom is 0.254 e. The highest BCUT2D eigenvalue weighted by Gasteiger charge is 2.33. The van der Waals surface area contributed by atoms with Gasteiger partial charge in [0.15, 0.2) is 0 Å². The van der Waals surface area contributed by atoms with Crippen molar-refractivity contribution in [2.45, 2.75) is 19.4 Å². The van der Waals surface area contributed by atoms with Crippen LogP contribution in [0.1, 0.15) is 24.2 Å².